The minimum atomic E-state index is -0.0678. The molecule has 0 radical (unpaired) electrons. The van der Waals surface area contributed by atoms with Crippen LogP contribution in [-0.2, 0) is 9.53 Å². The fourth-order valence-electron chi connectivity index (χ4n) is 3.16. The first kappa shape index (κ1) is 16.1. The average Bonchev–Trinajstić information content (AvgIpc) is 3.24. The summed E-state index contributed by atoms with van der Waals surface area (Å²) in [6.07, 6.45) is 5.56. The third kappa shape index (κ3) is 4.35. The number of carbonyl (C=O) groups excluding carboxylic acids is 1. The molecule has 0 aromatic carbocycles. The van der Waals surface area contributed by atoms with Gasteiger partial charge in [-0.05, 0) is 38.5 Å². The fourth-order valence-corrected chi connectivity index (χ4v) is 3.16. The van der Waals surface area contributed by atoms with Crippen LogP contribution in [0.4, 0.5) is 0 Å². The third-order valence-electron chi connectivity index (χ3n) is 4.53. The van der Waals surface area contributed by atoms with Crippen molar-refractivity contribution in [1.82, 2.24) is 10.2 Å². The van der Waals surface area contributed by atoms with Gasteiger partial charge in [-0.25, -0.2) is 0 Å². The second kappa shape index (κ2) is 7.66. The first-order valence-corrected chi connectivity index (χ1v) is 8.33. The molecule has 1 aliphatic carbocycles. The molecule has 5 heteroatoms. The summed E-state index contributed by atoms with van der Waals surface area (Å²) in [5.41, 5.74) is 0. The average molecular weight is 295 g/mol. The van der Waals surface area contributed by atoms with Crippen molar-refractivity contribution in [1.29, 1.82) is 0 Å². The number of methoxy groups -OCH3 is 1. The summed E-state index contributed by atoms with van der Waals surface area (Å²) >= 11 is 0. The number of aliphatic imine (C=N–C) groups is 1. The third-order valence-corrected chi connectivity index (χ3v) is 4.53. The number of esters is 1. The summed E-state index contributed by atoms with van der Waals surface area (Å²) in [5, 5.41) is 3.61. The van der Waals surface area contributed by atoms with Crippen LogP contribution in [0.2, 0.25) is 0 Å². The number of nitrogens with one attached hydrogen (secondary N) is 1. The molecule has 0 amide bonds. The standard InChI is InChI=1S/C16H29N3O2/c1-4-6-13-11-14(13)18-16(17-5-2)19-9-7-12(8-10-19)15(20)21-3/h12-14H,4-11H2,1-3H3,(H,17,18). The van der Waals surface area contributed by atoms with Crippen LogP contribution < -0.4 is 5.32 Å². The molecule has 120 valence electrons. The zero-order valence-electron chi connectivity index (χ0n) is 13.6. The van der Waals surface area contributed by atoms with Crippen LogP contribution in [0.25, 0.3) is 0 Å². The van der Waals surface area contributed by atoms with E-state index in [4.69, 9.17) is 4.74 Å². The Labute approximate surface area is 128 Å². The van der Waals surface area contributed by atoms with Gasteiger partial charge in [-0.3, -0.25) is 9.79 Å². The number of hydrogen-bond donors (Lipinski definition) is 1. The van der Waals surface area contributed by atoms with Crippen molar-refractivity contribution in [3.05, 3.63) is 0 Å². The minimum Gasteiger partial charge on any atom is -0.469 e. The van der Waals surface area contributed by atoms with Crippen LogP contribution in [0, 0.1) is 11.8 Å². The number of hydrogen-bond acceptors (Lipinski definition) is 3. The van der Waals surface area contributed by atoms with E-state index >= 15 is 0 Å². The number of ether oxygens (including phenoxy) is 1. The van der Waals surface area contributed by atoms with Crippen LogP contribution in [0.1, 0.15) is 46.0 Å². The maximum Gasteiger partial charge on any atom is 0.308 e. The van der Waals surface area contributed by atoms with Crippen LogP contribution in [0.15, 0.2) is 4.99 Å². The van der Waals surface area contributed by atoms with Gasteiger partial charge in [-0.2, -0.15) is 0 Å². The van der Waals surface area contributed by atoms with Crippen LogP contribution in [-0.4, -0.2) is 49.6 Å². The van der Waals surface area contributed by atoms with Gasteiger partial charge in [0.15, 0.2) is 5.96 Å². The Morgan fingerprint density at radius 1 is 1.33 bits per heavy atom. The number of nitrogens with zero attached hydrogens (tertiary/aromatic N) is 2. The molecule has 1 aliphatic heterocycles. The normalized spacial score (nSPS) is 26.6. The first-order chi connectivity index (χ1) is 10.2. The number of piperidine rings is 1. The van der Waals surface area contributed by atoms with Crippen molar-refractivity contribution in [2.75, 3.05) is 26.7 Å². The van der Waals surface area contributed by atoms with Gasteiger partial charge in [0.25, 0.3) is 0 Å². The minimum absolute atomic E-state index is 0.0582. The molecule has 5 nitrogen and oxygen atoms in total. The number of guanidine groups is 1. The van der Waals surface area contributed by atoms with Gasteiger partial charge in [0, 0.05) is 25.7 Å². The molecule has 1 N–H and O–H groups in total. The van der Waals surface area contributed by atoms with Crippen LogP contribution >= 0.6 is 0 Å². The number of rotatable bonds is 5. The lowest BCUT2D eigenvalue weighted by Gasteiger charge is -2.33. The highest BCUT2D eigenvalue weighted by Crippen LogP contribution is 2.34. The fraction of sp³-hybridized carbons (Fsp3) is 0.875. The van der Waals surface area contributed by atoms with Gasteiger partial charge < -0.3 is 15.0 Å². The Morgan fingerprint density at radius 2 is 2.05 bits per heavy atom. The first-order valence-electron chi connectivity index (χ1n) is 8.33. The highest BCUT2D eigenvalue weighted by Gasteiger charge is 2.38. The highest BCUT2D eigenvalue weighted by atomic mass is 16.5. The Kier molecular flexibility index (Phi) is 5.88. The van der Waals surface area contributed by atoms with E-state index in [-0.39, 0.29) is 11.9 Å². The van der Waals surface area contributed by atoms with Crippen molar-refractivity contribution in [3.8, 4) is 0 Å². The van der Waals surface area contributed by atoms with E-state index in [0.717, 1.165) is 44.4 Å². The molecule has 1 saturated carbocycles. The molecule has 2 fully saturated rings. The summed E-state index contributed by atoms with van der Waals surface area (Å²) in [6.45, 7) is 6.88. The smallest absolute Gasteiger partial charge is 0.308 e. The zero-order valence-corrected chi connectivity index (χ0v) is 13.6. The Bertz CT molecular complexity index is 376. The number of carbonyl (C=O) groups is 1. The van der Waals surface area contributed by atoms with Gasteiger partial charge in [0.1, 0.15) is 0 Å². The Balaban J connectivity index is 1.83. The lowest BCUT2D eigenvalue weighted by Crippen LogP contribution is -2.47. The highest BCUT2D eigenvalue weighted by molar-refractivity contribution is 5.81. The molecule has 0 bridgehead atoms. The quantitative estimate of drug-likeness (QED) is 0.479. The summed E-state index contributed by atoms with van der Waals surface area (Å²) in [4.78, 5) is 18.5. The molecule has 2 rings (SSSR count). The van der Waals surface area contributed by atoms with E-state index in [0.29, 0.717) is 6.04 Å². The van der Waals surface area contributed by atoms with E-state index in [1.807, 2.05) is 0 Å². The summed E-state index contributed by atoms with van der Waals surface area (Å²) in [7, 11) is 1.47. The summed E-state index contributed by atoms with van der Waals surface area (Å²) in [5.74, 6) is 1.85. The summed E-state index contributed by atoms with van der Waals surface area (Å²) < 4.78 is 4.85. The molecular weight excluding hydrogens is 266 g/mol. The second-order valence-corrected chi connectivity index (χ2v) is 6.12. The lowest BCUT2D eigenvalue weighted by atomic mass is 9.97. The number of likely N-dealkylation sites (tertiary alicyclic amines) is 1. The molecule has 21 heavy (non-hydrogen) atoms. The van der Waals surface area contributed by atoms with E-state index < -0.39 is 0 Å². The molecule has 0 aromatic heterocycles. The molecule has 0 aromatic rings. The Hall–Kier alpha value is -1.26. The van der Waals surface area contributed by atoms with E-state index in [1.165, 1.54) is 26.4 Å². The molecule has 2 aliphatic rings. The van der Waals surface area contributed by atoms with Gasteiger partial charge in [-0.1, -0.05) is 13.3 Å². The molecule has 1 heterocycles. The van der Waals surface area contributed by atoms with E-state index in [2.05, 4.69) is 29.1 Å². The van der Waals surface area contributed by atoms with E-state index in [1.54, 1.807) is 0 Å². The van der Waals surface area contributed by atoms with Gasteiger partial charge >= 0.3 is 5.97 Å². The van der Waals surface area contributed by atoms with Crippen LogP contribution in [0.5, 0.6) is 0 Å². The topological polar surface area (TPSA) is 53.9 Å². The van der Waals surface area contributed by atoms with Gasteiger partial charge in [-0.15, -0.1) is 0 Å². The molecular formula is C16H29N3O2. The maximum absolute atomic E-state index is 11.6. The Morgan fingerprint density at radius 3 is 2.62 bits per heavy atom. The molecule has 2 unspecified atom stereocenters. The zero-order chi connectivity index (χ0) is 15.2. The second-order valence-electron chi connectivity index (χ2n) is 6.12. The predicted molar refractivity (Wildman–Crippen MR) is 84.2 cm³/mol. The van der Waals surface area contributed by atoms with Gasteiger partial charge in [0.2, 0.25) is 0 Å². The van der Waals surface area contributed by atoms with Crippen LogP contribution in [0.3, 0.4) is 0 Å². The van der Waals surface area contributed by atoms with Gasteiger partial charge in [0.05, 0.1) is 13.0 Å². The van der Waals surface area contributed by atoms with Crippen molar-refractivity contribution in [2.45, 2.75) is 52.0 Å². The predicted octanol–water partition coefficient (Wildman–Crippen LogP) is 2.03. The van der Waals surface area contributed by atoms with Crippen molar-refractivity contribution in [2.24, 2.45) is 16.8 Å². The largest absolute Gasteiger partial charge is 0.469 e. The summed E-state index contributed by atoms with van der Waals surface area (Å²) in [6, 6.07) is 0.605. The molecule has 1 saturated heterocycles. The monoisotopic (exact) mass is 295 g/mol. The molecule has 0 spiro atoms. The van der Waals surface area contributed by atoms with Crippen molar-refractivity contribution < 1.29 is 9.53 Å². The van der Waals surface area contributed by atoms with Crippen molar-refractivity contribution >= 4 is 11.9 Å². The molecule has 2 atom stereocenters. The van der Waals surface area contributed by atoms with Crippen molar-refractivity contribution in [3.63, 3.8) is 0 Å². The van der Waals surface area contributed by atoms with E-state index in [9.17, 15) is 4.79 Å². The lowest BCUT2D eigenvalue weighted by molar-refractivity contribution is -0.146. The maximum atomic E-state index is 11.6. The SMILES string of the molecule is CCCC1CC1NC(=NCC)N1CCC(C(=O)OC)CC1.